The highest BCUT2D eigenvalue weighted by Gasteiger charge is 2.20. The summed E-state index contributed by atoms with van der Waals surface area (Å²) in [5.41, 5.74) is 0. The van der Waals surface area contributed by atoms with E-state index in [9.17, 15) is 9.59 Å². The highest BCUT2D eigenvalue weighted by atomic mass is 32.2. The van der Waals surface area contributed by atoms with Gasteiger partial charge in [0.1, 0.15) is 0 Å². The van der Waals surface area contributed by atoms with Crippen molar-refractivity contribution in [2.75, 3.05) is 11.5 Å². The van der Waals surface area contributed by atoms with Crippen molar-refractivity contribution in [1.82, 2.24) is 5.32 Å². The summed E-state index contributed by atoms with van der Waals surface area (Å²) in [6.45, 7) is 5.46. The minimum absolute atomic E-state index is 0.0606. The predicted molar refractivity (Wildman–Crippen MR) is 71.3 cm³/mol. The minimum atomic E-state index is -0.880. The van der Waals surface area contributed by atoms with E-state index in [1.807, 2.05) is 0 Å². The zero-order chi connectivity index (χ0) is 13.3. The lowest BCUT2D eigenvalue weighted by Crippen LogP contribution is -2.40. The van der Waals surface area contributed by atoms with Crippen molar-refractivity contribution in [3.63, 3.8) is 0 Å². The molecular weight excluding hydrogens is 238 g/mol. The molecule has 0 fully saturated rings. The van der Waals surface area contributed by atoms with Crippen LogP contribution in [0.2, 0.25) is 0 Å². The number of carboxylic acid groups (broad SMARTS) is 1. The quantitative estimate of drug-likeness (QED) is 0.624. The Balaban J connectivity index is 3.67. The van der Waals surface area contributed by atoms with Crippen LogP contribution in [-0.2, 0) is 9.59 Å². The third-order valence-electron chi connectivity index (χ3n) is 2.64. The first-order chi connectivity index (χ1) is 7.99. The Kier molecular flexibility index (Phi) is 8.94. The molecule has 0 heterocycles. The number of amides is 1. The van der Waals surface area contributed by atoms with Crippen LogP contribution in [0.3, 0.4) is 0 Å². The molecule has 0 bridgehead atoms. The van der Waals surface area contributed by atoms with Gasteiger partial charge >= 0.3 is 5.97 Å². The van der Waals surface area contributed by atoms with E-state index in [-0.39, 0.29) is 11.9 Å². The molecule has 0 radical (unpaired) electrons. The minimum Gasteiger partial charge on any atom is -0.481 e. The fourth-order valence-electron chi connectivity index (χ4n) is 1.18. The summed E-state index contributed by atoms with van der Waals surface area (Å²) < 4.78 is 0. The number of aliphatic carboxylic acids is 1. The molecule has 2 N–H and O–H groups in total. The van der Waals surface area contributed by atoms with Gasteiger partial charge in [0.15, 0.2) is 0 Å². The van der Waals surface area contributed by atoms with Crippen molar-refractivity contribution in [3.8, 4) is 0 Å². The van der Waals surface area contributed by atoms with Crippen molar-refractivity contribution >= 4 is 23.6 Å². The average Bonchev–Trinajstić information content (AvgIpc) is 2.27. The Morgan fingerprint density at radius 3 is 2.47 bits per heavy atom. The van der Waals surface area contributed by atoms with E-state index in [1.54, 1.807) is 25.6 Å². The first-order valence-electron chi connectivity index (χ1n) is 6.09. The molecule has 100 valence electrons. The predicted octanol–water partition coefficient (Wildman–Crippen LogP) is 2.14. The number of nitrogens with one attached hydrogen (secondary N) is 1. The molecule has 0 aromatic rings. The third-order valence-corrected chi connectivity index (χ3v) is 3.71. The van der Waals surface area contributed by atoms with Gasteiger partial charge in [-0.25, -0.2) is 0 Å². The number of carbonyl (C=O) groups excluding carboxylic acids is 1. The van der Waals surface area contributed by atoms with Crippen LogP contribution in [0.25, 0.3) is 0 Å². The van der Waals surface area contributed by atoms with Gasteiger partial charge in [-0.05, 0) is 26.0 Å². The fraction of sp³-hybridized carbons (Fsp3) is 0.833. The van der Waals surface area contributed by atoms with Crippen LogP contribution in [-0.4, -0.2) is 34.5 Å². The van der Waals surface area contributed by atoms with Gasteiger partial charge in [0.2, 0.25) is 5.91 Å². The molecule has 1 amide bonds. The summed E-state index contributed by atoms with van der Waals surface area (Å²) in [4.78, 5) is 22.2. The zero-order valence-electron chi connectivity index (χ0n) is 10.9. The lowest BCUT2D eigenvalue weighted by Gasteiger charge is -2.17. The van der Waals surface area contributed by atoms with Crippen molar-refractivity contribution in [2.45, 2.75) is 46.1 Å². The second-order valence-corrected chi connectivity index (χ2v) is 5.42. The van der Waals surface area contributed by atoms with Gasteiger partial charge < -0.3 is 10.4 Å². The lowest BCUT2D eigenvalue weighted by atomic mass is 10.0. The number of thioether (sulfide) groups is 1. The van der Waals surface area contributed by atoms with Gasteiger partial charge in [-0.1, -0.05) is 13.3 Å². The van der Waals surface area contributed by atoms with E-state index < -0.39 is 11.9 Å². The Hall–Kier alpha value is -0.710. The summed E-state index contributed by atoms with van der Waals surface area (Å²) in [6.07, 6.45) is 2.82. The fourth-order valence-corrected chi connectivity index (χ4v) is 2.20. The molecule has 0 aliphatic rings. The second kappa shape index (κ2) is 9.33. The molecular formula is C12H23NO3S. The Bertz CT molecular complexity index is 246. The summed E-state index contributed by atoms with van der Waals surface area (Å²) in [5, 5.41) is 11.5. The van der Waals surface area contributed by atoms with Crippen molar-refractivity contribution in [2.24, 2.45) is 5.92 Å². The first kappa shape index (κ1) is 16.3. The Morgan fingerprint density at radius 1 is 1.29 bits per heavy atom. The molecule has 0 aromatic carbocycles. The van der Waals surface area contributed by atoms with Gasteiger partial charge in [0, 0.05) is 18.2 Å². The van der Waals surface area contributed by atoms with E-state index in [4.69, 9.17) is 5.11 Å². The van der Waals surface area contributed by atoms with E-state index in [0.717, 1.165) is 11.5 Å². The van der Waals surface area contributed by atoms with Gasteiger partial charge in [-0.2, -0.15) is 11.8 Å². The molecule has 0 spiro atoms. The van der Waals surface area contributed by atoms with Gasteiger partial charge in [-0.3, -0.25) is 9.59 Å². The van der Waals surface area contributed by atoms with Crippen LogP contribution in [0.1, 0.15) is 40.0 Å². The lowest BCUT2D eigenvalue weighted by molar-refractivity contribution is -0.142. The van der Waals surface area contributed by atoms with Crippen molar-refractivity contribution < 1.29 is 14.7 Å². The van der Waals surface area contributed by atoms with Crippen LogP contribution >= 0.6 is 11.8 Å². The monoisotopic (exact) mass is 261 g/mol. The van der Waals surface area contributed by atoms with Crippen LogP contribution in [0.4, 0.5) is 0 Å². The van der Waals surface area contributed by atoms with Crippen molar-refractivity contribution in [1.29, 1.82) is 0 Å². The standard InChI is InChI=1S/C12H23NO3S/c1-4-5-7-17-8-6-11(14)13-10(3)9(2)12(15)16/h9-10H,4-8H2,1-3H3,(H,13,14)(H,15,16). The maximum absolute atomic E-state index is 11.5. The number of carbonyl (C=O) groups is 2. The molecule has 2 atom stereocenters. The van der Waals surface area contributed by atoms with Gasteiger partial charge in [-0.15, -0.1) is 0 Å². The van der Waals surface area contributed by atoms with Crippen LogP contribution < -0.4 is 5.32 Å². The topological polar surface area (TPSA) is 66.4 Å². The summed E-state index contributed by atoms with van der Waals surface area (Å²) >= 11 is 1.77. The summed E-state index contributed by atoms with van der Waals surface area (Å²) in [6, 6.07) is -0.319. The maximum Gasteiger partial charge on any atom is 0.308 e. The highest BCUT2D eigenvalue weighted by Crippen LogP contribution is 2.07. The number of carboxylic acids is 1. The summed E-state index contributed by atoms with van der Waals surface area (Å²) in [5.74, 6) is 0.404. The molecule has 0 aliphatic heterocycles. The highest BCUT2D eigenvalue weighted by molar-refractivity contribution is 7.99. The normalized spacial score (nSPS) is 14.1. The maximum atomic E-state index is 11.5. The first-order valence-corrected chi connectivity index (χ1v) is 7.24. The average molecular weight is 261 g/mol. The molecule has 0 saturated heterocycles. The van der Waals surface area contributed by atoms with Gasteiger partial charge in [0.25, 0.3) is 0 Å². The zero-order valence-corrected chi connectivity index (χ0v) is 11.7. The van der Waals surface area contributed by atoms with Crippen LogP contribution in [0.5, 0.6) is 0 Å². The molecule has 17 heavy (non-hydrogen) atoms. The molecule has 0 aliphatic carbocycles. The van der Waals surface area contributed by atoms with E-state index in [2.05, 4.69) is 12.2 Å². The van der Waals surface area contributed by atoms with Crippen molar-refractivity contribution in [3.05, 3.63) is 0 Å². The second-order valence-electron chi connectivity index (χ2n) is 4.20. The van der Waals surface area contributed by atoms with E-state index in [1.165, 1.54) is 12.8 Å². The summed E-state index contributed by atoms with van der Waals surface area (Å²) in [7, 11) is 0. The van der Waals surface area contributed by atoms with E-state index in [0.29, 0.717) is 6.42 Å². The molecule has 0 saturated carbocycles. The van der Waals surface area contributed by atoms with Gasteiger partial charge in [0.05, 0.1) is 5.92 Å². The van der Waals surface area contributed by atoms with Crippen LogP contribution in [0.15, 0.2) is 0 Å². The van der Waals surface area contributed by atoms with Crippen LogP contribution in [0, 0.1) is 5.92 Å². The molecule has 2 unspecified atom stereocenters. The number of unbranched alkanes of at least 4 members (excludes halogenated alkanes) is 1. The van der Waals surface area contributed by atoms with E-state index >= 15 is 0 Å². The number of rotatable bonds is 9. The molecule has 0 aromatic heterocycles. The largest absolute Gasteiger partial charge is 0.481 e. The smallest absolute Gasteiger partial charge is 0.308 e. The molecule has 5 heteroatoms. The Labute approximate surface area is 108 Å². The SMILES string of the molecule is CCCCSCCC(=O)NC(C)C(C)C(=O)O. The number of hydrogen-bond acceptors (Lipinski definition) is 3. The Morgan fingerprint density at radius 2 is 1.94 bits per heavy atom. The number of hydrogen-bond donors (Lipinski definition) is 2. The molecule has 4 nitrogen and oxygen atoms in total. The molecule has 0 rings (SSSR count). The third kappa shape index (κ3) is 8.07.